The highest BCUT2D eigenvalue weighted by Crippen LogP contribution is 2.42. The van der Waals surface area contributed by atoms with E-state index in [2.05, 4.69) is 0 Å². The molecule has 0 saturated heterocycles. The molecular weight excluding hydrogens is 304 g/mol. The van der Waals surface area contributed by atoms with E-state index in [9.17, 15) is 25.2 Å². The number of rotatable bonds is 2. The Morgan fingerprint density at radius 3 is 2.35 bits per heavy atom. The number of phenols is 3. The number of ether oxygens (including phenoxy) is 2. The molecule has 2 aromatic rings. The van der Waals surface area contributed by atoms with E-state index in [0.29, 0.717) is 0 Å². The summed E-state index contributed by atoms with van der Waals surface area (Å²) in [5.74, 6) is -1.39. The second kappa shape index (κ2) is 5.36. The van der Waals surface area contributed by atoms with E-state index in [1.807, 2.05) is 0 Å². The SMILES string of the molecule is COc1c(O)cc(C2Oc3cc(O)ccc3C(=O)C2O)cc1O. The fourth-order valence-corrected chi connectivity index (χ4v) is 2.55. The van der Waals surface area contributed by atoms with E-state index < -0.39 is 18.0 Å². The van der Waals surface area contributed by atoms with E-state index in [4.69, 9.17) is 9.47 Å². The second-order valence-corrected chi connectivity index (χ2v) is 5.12. The molecule has 0 saturated carbocycles. The molecule has 0 bridgehead atoms. The van der Waals surface area contributed by atoms with Crippen molar-refractivity contribution < 1.29 is 34.7 Å². The first-order valence-electron chi connectivity index (χ1n) is 6.74. The van der Waals surface area contributed by atoms with Gasteiger partial charge in [-0.05, 0) is 24.3 Å². The lowest BCUT2D eigenvalue weighted by molar-refractivity contribution is 0.0214. The molecule has 1 heterocycles. The Bertz CT molecular complexity index is 761. The number of Topliss-reactive ketones (excluding diaryl/α,β-unsaturated/α-hetero) is 1. The van der Waals surface area contributed by atoms with Crippen LogP contribution in [0.15, 0.2) is 30.3 Å². The molecule has 7 heteroatoms. The first kappa shape index (κ1) is 15.0. The number of aromatic hydroxyl groups is 3. The van der Waals surface area contributed by atoms with Gasteiger partial charge in [0.15, 0.2) is 29.5 Å². The minimum absolute atomic E-state index is 0.0906. The molecule has 2 unspecified atom stereocenters. The number of methoxy groups -OCH3 is 1. The molecule has 7 nitrogen and oxygen atoms in total. The van der Waals surface area contributed by atoms with Gasteiger partial charge in [0.1, 0.15) is 11.5 Å². The van der Waals surface area contributed by atoms with Crippen molar-refractivity contribution in [2.75, 3.05) is 7.11 Å². The number of fused-ring (bicyclic) bond motifs is 1. The second-order valence-electron chi connectivity index (χ2n) is 5.12. The Labute approximate surface area is 131 Å². The van der Waals surface area contributed by atoms with Crippen molar-refractivity contribution in [1.29, 1.82) is 0 Å². The van der Waals surface area contributed by atoms with Crippen molar-refractivity contribution in [1.82, 2.24) is 0 Å². The van der Waals surface area contributed by atoms with Gasteiger partial charge in [-0.2, -0.15) is 0 Å². The molecule has 1 aliphatic rings. The van der Waals surface area contributed by atoms with Gasteiger partial charge in [0.05, 0.1) is 12.7 Å². The van der Waals surface area contributed by atoms with Crippen LogP contribution in [0.1, 0.15) is 22.0 Å². The quantitative estimate of drug-likeness (QED) is 0.663. The highest BCUT2D eigenvalue weighted by molar-refractivity contribution is 6.03. The minimum atomic E-state index is -1.51. The van der Waals surface area contributed by atoms with Gasteiger partial charge in [-0.15, -0.1) is 0 Å². The number of benzene rings is 2. The molecule has 4 N–H and O–H groups in total. The van der Waals surface area contributed by atoms with Crippen molar-refractivity contribution in [3.8, 4) is 28.7 Å². The molecule has 23 heavy (non-hydrogen) atoms. The number of hydrogen-bond donors (Lipinski definition) is 4. The van der Waals surface area contributed by atoms with Crippen molar-refractivity contribution in [2.24, 2.45) is 0 Å². The van der Waals surface area contributed by atoms with Crippen LogP contribution in [0, 0.1) is 0 Å². The van der Waals surface area contributed by atoms with E-state index >= 15 is 0 Å². The average Bonchev–Trinajstić information content (AvgIpc) is 2.50. The van der Waals surface area contributed by atoms with Gasteiger partial charge in [0.25, 0.3) is 0 Å². The maximum atomic E-state index is 12.2. The lowest BCUT2D eigenvalue weighted by Crippen LogP contribution is -2.36. The van der Waals surface area contributed by atoms with Crippen LogP contribution >= 0.6 is 0 Å². The first-order valence-corrected chi connectivity index (χ1v) is 6.74. The molecule has 0 spiro atoms. The predicted molar refractivity (Wildman–Crippen MR) is 78.1 cm³/mol. The summed E-state index contributed by atoms with van der Waals surface area (Å²) in [6.45, 7) is 0. The van der Waals surface area contributed by atoms with Crippen LogP contribution in [0.25, 0.3) is 0 Å². The van der Waals surface area contributed by atoms with Crippen LogP contribution in [0.5, 0.6) is 28.7 Å². The number of carbonyl (C=O) groups excluding carboxylic acids is 1. The van der Waals surface area contributed by atoms with Crippen LogP contribution < -0.4 is 9.47 Å². The van der Waals surface area contributed by atoms with Gasteiger partial charge in [-0.25, -0.2) is 0 Å². The van der Waals surface area contributed by atoms with Gasteiger partial charge in [-0.1, -0.05) is 0 Å². The van der Waals surface area contributed by atoms with E-state index in [-0.39, 0.29) is 39.9 Å². The number of ketones is 1. The topological polar surface area (TPSA) is 116 Å². The smallest absolute Gasteiger partial charge is 0.202 e. The molecule has 2 aromatic carbocycles. The summed E-state index contributed by atoms with van der Waals surface area (Å²) < 4.78 is 10.4. The number of carbonyl (C=O) groups is 1. The van der Waals surface area contributed by atoms with Crippen molar-refractivity contribution >= 4 is 5.78 Å². The third kappa shape index (κ3) is 2.40. The Morgan fingerprint density at radius 1 is 1.09 bits per heavy atom. The number of hydrogen-bond acceptors (Lipinski definition) is 7. The van der Waals surface area contributed by atoms with Crippen molar-refractivity contribution in [2.45, 2.75) is 12.2 Å². The molecule has 0 aromatic heterocycles. The summed E-state index contributed by atoms with van der Waals surface area (Å²) in [4.78, 5) is 12.2. The zero-order valence-electron chi connectivity index (χ0n) is 12.1. The maximum Gasteiger partial charge on any atom is 0.202 e. The van der Waals surface area contributed by atoms with E-state index in [1.165, 1.54) is 37.4 Å². The fourth-order valence-electron chi connectivity index (χ4n) is 2.55. The normalized spacial score (nSPS) is 19.8. The molecule has 0 aliphatic carbocycles. The zero-order chi connectivity index (χ0) is 16.7. The highest BCUT2D eigenvalue weighted by atomic mass is 16.5. The molecule has 0 amide bonds. The van der Waals surface area contributed by atoms with Crippen molar-refractivity contribution in [3.63, 3.8) is 0 Å². The Balaban J connectivity index is 2.06. The standard InChI is InChI=1S/C16H14O7/c1-22-16-10(18)4-7(5-11(16)19)15-14(21)13(20)9-3-2-8(17)6-12(9)23-15/h2-6,14-15,17-19,21H,1H3. The fraction of sp³-hybridized carbons (Fsp3) is 0.188. The molecule has 0 radical (unpaired) electrons. The van der Waals surface area contributed by atoms with E-state index in [1.54, 1.807) is 0 Å². The number of aliphatic hydroxyl groups excluding tert-OH is 1. The largest absolute Gasteiger partial charge is 0.508 e. The zero-order valence-corrected chi connectivity index (χ0v) is 12.1. The first-order chi connectivity index (χ1) is 10.9. The van der Waals surface area contributed by atoms with Gasteiger partial charge >= 0.3 is 0 Å². The van der Waals surface area contributed by atoms with Crippen LogP contribution in [0.2, 0.25) is 0 Å². The average molecular weight is 318 g/mol. The van der Waals surface area contributed by atoms with Gasteiger partial charge < -0.3 is 29.9 Å². The van der Waals surface area contributed by atoms with Crippen LogP contribution in [0.3, 0.4) is 0 Å². The summed E-state index contributed by atoms with van der Waals surface area (Å²) in [6, 6.07) is 6.39. The molecule has 2 atom stereocenters. The summed E-state index contributed by atoms with van der Waals surface area (Å²) >= 11 is 0. The third-order valence-electron chi connectivity index (χ3n) is 3.64. The van der Waals surface area contributed by atoms with Crippen LogP contribution in [-0.2, 0) is 0 Å². The summed E-state index contributed by atoms with van der Waals surface area (Å²) in [5.41, 5.74) is 0.337. The lowest BCUT2D eigenvalue weighted by Gasteiger charge is -2.30. The third-order valence-corrected chi connectivity index (χ3v) is 3.64. The Kier molecular flexibility index (Phi) is 3.49. The van der Waals surface area contributed by atoms with Crippen molar-refractivity contribution in [3.05, 3.63) is 41.5 Å². The van der Waals surface area contributed by atoms with Gasteiger partial charge in [0, 0.05) is 11.6 Å². The molecule has 3 rings (SSSR count). The lowest BCUT2D eigenvalue weighted by atomic mass is 9.93. The molecule has 1 aliphatic heterocycles. The predicted octanol–water partition coefficient (Wildman–Crippen LogP) is 1.49. The molecular formula is C16H14O7. The Morgan fingerprint density at radius 2 is 1.74 bits per heavy atom. The summed E-state index contributed by atoms with van der Waals surface area (Å²) in [6.07, 6.45) is -2.65. The minimum Gasteiger partial charge on any atom is -0.508 e. The van der Waals surface area contributed by atoms with Gasteiger partial charge in [0.2, 0.25) is 5.75 Å². The maximum absolute atomic E-state index is 12.2. The van der Waals surface area contributed by atoms with Crippen LogP contribution in [0.4, 0.5) is 0 Å². The number of phenolic OH excluding ortho intramolecular Hbond substituents is 3. The highest BCUT2D eigenvalue weighted by Gasteiger charge is 2.37. The van der Waals surface area contributed by atoms with Crippen LogP contribution in [-0.4, -0.2) is 39.4 Å². The Hall–Kier alpha value is -2.93. The monoisotopic (exact) mass is 318 g/mol. The molecule has 0 fully saturated rings. The number of aliphatic hydroxyl groups is 1. The molecule has 120 valence electrons. The van der Waals surface area contributed by atoms with E-state index in [0.717, 1.165) is 0 Å². The summed E-state index contributed by atoms with van der Waals surface area (Å²) in [7, 11) is 1.28. The summed E-state index contributed by atoms with van der Waals surface area (Å²) in [5, 5.41) is 39.4. The van der Waals surface area contributed by atoms with Gasteiger partial charge in [-0.3, -0.25) is 4.79 Å².